The van der Waals surface area contributed by atoms with Gasteiger partial charge in [0.2, 0.25) is 0 Å². The standard InChI is InChI=1S/C17H21NO2/c19-11-13-6-8-16(9-7-13)20-12-15-4-1-3-14-5-2-10-18-17(14)15/h1-5,10,13,16,19H,6-9,11-12H2. The van der Waals surface area contributed by atoms with Gasteiger partial charge in [-0.15, -0.1) is 0 Å². The zero-order valence-corrected chi connectivity index (χ0v) is 11.7. The molecule has 1 saturated carbocycles. The minimum atomic E-state index is 0.319. The molecule has 1 N–H and O–H groups in total. The molecule has 1 aliphatic carbocycles. The lowest BCUT2D eigenvalue weighted by Crippen LogP contribution is -2.23. The third-order valence-corrected chi connectivity index (χ3v) is 4.24. The van der Waals surface area contributed by atoms with Crippen LogP contribution in [0.3, 0.4) is 0 Å². The van der Waals surface area contributed by atoms with E-state index in [1.807, 2.05) is 12.3 Å². The third kappa shape index (κ3) is 3.00. The fraction of sp³-hybridized carbons (Fsp3) is 0.471. The summed E-state index contributed by atoms with van der Waals surface area (Å²) in [4.78, 5) is 4.46. The van der Waals surface area contributed by atoms with Crippen molar-refractivity contribution >= 4 is 10.9 Å². The lowest BCUT2D eigenvalue weighted by Gasteiger charge is -2.27. The minimum Gasteiger partial charge on any atom is -0.396 e. The van der Waals surface area contributed by atoms with Crippen molar-refractivity contribution in [1.82, 2.24) is 4.98 Å². The first-order chi connectivity index (χ1) is 9.86. The quantitative estimate of drug-likeness (QED) is 0.927. The summed E-state index contributed by atoms with van der Waals surface area (Å²) in [5.74, 6) is 0.481. The van der Waals surface area contributed by atoms with Gasteiger partial charge in [-0.2, -0.15) is 0 Å². The number of nitrogens with zero attached hydrogens (tertiary/aromatic N) is 1. The summed E-state index contributed by atoms with van der Waals surface area (Å²) in [5.41, 5.74) is 2.20. The van der Waals surface area contributed by atoms with Gasteiger partial charge >= 0.3 is 0 Å². The van der Waals surface area contributed by atoms with Crippen LogP contribution < -0.4 is 0 Å². The molecule has 0 amide bonds. The number of para-hydroxylation sites is 1. The molecule has 0 atom stereocenters. The van der Waals surface area contributed by atoms with Crippen molar-refractivity contribution in [2.24, 2.45) is 5.92 Å². The van der Waals surface area contributed by atoms with Crippen LogP contribution in [0.15, 0.2) is 36.5 Å². The van der Waals surface area contributed by atoms with Crippen molar-refractivity contribution in [3.63, 3.8) is 0 Å². The normalized spacial score (nSPS) is 23.1. The SMILES string of the molecule is OCC1CCC(OCc2cccc3cccnc23)CC1. The predicted octanol–water partition coefficient (Wildman–Crippen LogP) is 3.30. The van der Waals surface area contributed by atoms with Crippen molar-refractivity contribution in [2.45, 2.75) is 38.4 Å². The highest BCUT2D eigenvalue weighted by Gasteiger charge is 2.21. The van der Waals surface area contributed by atoms with E-state index in [0.29, 0.717) is 25.2 Å². The topological polar surface area (TPSA) is 42.4 Å². The summed E-state index contributed by atoms with van der Waals surface area (Å²) in [6, 6.07) is 10.3. The van der Waals surface area contributed by atoms with E-state index in [9.17, 15) is 0 Å². The lowest BCUT2D eigenvalue weighted by atomic mass is 9.88. The number of fused-ring (bicyclic) bond motifs is 1. The smallest absolute Gasteiger partial charge is 0.0757 e. The van der Waals surface area contributed by atoms with Crippen LogP contribution in [-0.4, -0.2) is 22.8 Å². The zero-order chi connectivity index (χ0) is 13.8. The van der Waals surface area contributed by atoms with Crippen molar-refractivity contribution in [2.75, 3.05) is 6.61 Å². The van der Waals surface area contributed by atoms with Crippen molar-refractivity contribution < 1.29 is 9.84 Å². The second-order valence-corrected chi connectivity index (χ2v) is 5.63. The number of ether oxygens (including phenoxy) is 1. The number of benzene rings is 1. The number of aromatic nitrogens is 1. The minimum absolute atomic E-state index is 0.319. The van der Waals surface area contributed by atoms with E-state index in [1.54, 1.807) is 0 Å². The van der Waals surface area contributed by atoms with Crippen molar-refractivity contribution in [3.05, 3.63) is 42.1 Å². The summed E-state index contributed by atoms with van der Waals surface area (Å²) < 4.78 is 6.05. The fourth-order valence-corrected chi connectivity index (χ4v) is 2.97. The van der Waals surface area contributed by atoms with Gasteiger partial charge in [-0.25, -0.2) is 0 Å². The van der Waals surface area contributed by atoms with Crippen LogP contribution in [0.5, 0.6) is 0 Å². The number of rotatable bonds is 4. The van der Waals surface area contributed by atoms with Crippen LogP contribution in [0, 0.1) is 5.92 Å². The average Bonchev–Trinajstić information content (AvgIpc) is 2.53. The second kappa shape index (κ2) is 6.33. The summed E-state index contributed by atoms with van der Waals surface area (Å²) in [6.45, 7) is 0.947. The zero-order valence-electron chi connectivity index (χ0n) is 11.7. The molecule has 3 rings (SSSR count). The lowest BCUT2D eigenvalue weighted by molar-refractivity contribution is 0.00161. The van der Waals surface area contributed by atoms with Gasteiger partial charge in [0.05, 0.1) is 18.2 Å². The average molecular weight is 271 g/mol. The Labute approximate surface area is 119 Å². The molecule has 0 unspecified atom stereocenters. The monoisotopic (exact) mass is 271 g/mol. The fourth-order valence-electron chi connectivity index (χ4n) is 2.97. The van der Waals surface area contributed by atoms with Crippen LogP contribution in [0.25, 0.3) is 10.9 Å². The molecule has 0 saturated heterocycles. The van der Waals surface area contributed by atoms with E-state index in [0.717, 1.165) is 42.1 Å². The van der Waals surface area contributed by atoms with Gasteiger partial charge in [0.1, 0.15) is 0 Å². The maximum atomic E-state index is 9.15. The summed E-state index contributed by atoms with van der Waals surface area (Å²) in [7, 11) is 0. The largest absolute Gasteiger partial charge is 0.396 e. The molecule has 1 heterocycles. The first kappa shape index (κ1) is 13.5. The number of hydrogen-bond acceptors (Lipinski definition) is 3. The third-order valence-electron chi connectivity index (χ3n) is 4.24. The molecule has 20 heavy (non-hydrogen) atoms. The molecule has 1 fully saturated rings. The Kier molecular flexibility index (Phi) is 4.28. The molecule has 1 aliphatic rings. The summed E-state index contributed by atoms with van der Waals surface area (Å²) >= 11 is 0. The number of aliphatic hydroxyl groups is 1. The molecule has 1 aromatic carbocycles. The van der Waals surface area contributed by atoms with Crippen LogP contribution in [0.2, 0.25) is 0 Å². The highest BCUT2D eigenvalue weighted by Crippen LogP contribution is 2.27. The first-order valence-electron chi connectivity index (χ1n) is 7.42. The molecule has 106 valence electrons. The van der Waals surface area contributed by atoms with Crippen LogP contribution in [-0.2, 0) is 11.3 Å². The van der Waals surface area contributed by atoms with E-state index in [2.05, 4.69) is 29.2 Å². The Morgan fingerprint density at radius 1 is 1.10 bits per heavy atom. The molecule has 2 aromatic rings. The van der Waals surface area contributed by atoms with Crippen molar-refractivity contribution in [1.29, 1.82) is 0 Å². The molecular weight excluding hydrogens is 250 g/mol. The molecule has 0 radical (unpaired) electrons. The van der Waals surface area contributed by atoms with Crippen LogP contribution >= 0.6 is 0 Å². The van der Waals surface area contributed by atoms with Gasteiger partial charge in [-0.3, -0.25) is 4.98 Å². The van der Waals surface area contributed by atoms with Gasteiger partial charge in [-0.05, 0) is 37.7 Å². The second-order valence-electron chi connectivity index (χ2n) is 5.63. The Hall–Kier alpha value is -1.45. The van der Waals surface area contributed by atoms with Crippen LogP contribution in [0.4, 0.5) is 0 Å². The molecule has 0 bridgehead atoms. The van der Waals surface area contributed by atoms with E-state index < -0.39 is 0 Å². The Bertz CT molecular complexity index is 556. The van der Waals surface area contributed by atoms with Gasteiger partial charge in [0.15, 0.2) is 0 Å². The molecular formula is C17H21NO2. The van der Waals surface area contributed by atoms with Crippen molar-refractivity contribution in [3.8, 4) is 0 Å². The summed E-state index contributed by atoms with van der Waals surface area (Å²) in [6.07, 6.45) is 6.44. The Balaban J connectivity index is 1.63. The maximum Gasteiger partial charge on any atom is 0.0757 e. The number of pyridine rings is 1. The molecule has 3 heteroatoms. The highest BCUT2D eigenvalue weighted by atomic mass is 16.5. The van der Waals surface area contributed by atoms with E-state index >= 15 is 0 Å². The van der Waals surface area contributed by atoms with Gasteiger partial charge in [0, 0.05) is 23.8 Å². The number of aliphatic hydroxyl groups excluding tert-OH is 1. The maximum absolute atomic E-state index is 9.15. The van der Waals surface area contributed by atoms with Crippen LogP contribution in [0.1, 0.15) is 31.2 Å². The van der Waals surface area contributed by atoms with E-state index in [4.69, 9.17) is 9.84 Å². The predicted molar refractivity (Wildman–Crippen MR) is 79.4 cm³/mol. The van der Waals surface area contributed by atoms with E-state index in [1.165, 1.54) is 0 Å². The van der Waals surface area contributed by atoms with Gasteiger partial charge < -0.3 is 9.84 Å². The highest BCUT2D eigenvalue weighted by molar-refractivity contribution is 5.81. The van der Waals surface area contributed by atoms with E-state index in [-0.39, 0.29) is 0 Å². The Morgan fingerprint density at radius 2 is 1.90 bits per heavy atom. The molecule has 0 spiro atoms. The number of hydrogen-bond donors (Lipinski definition) is 1. The van der Waals surface area contributed by atoms with Gasteiger partial charge in [-0.1, -0.05) is 24.3 Å². The molecule has 0 aliphatic heterocycles. The first-order valence-corrected chi connectivity index (χ1v) is 7.42. The van der Waals surface area contributed by atoms with Gasteiger partial charge in [0.25, 0.3) is 0 Å². The Morgan fingerprint density at radius 3 is 2.70 bits per heavy atom. The molecule has 1 aromatic heterocycles. The molecule has 3 nitrogen and oxygen atoms in total. The summed E-state index contributed by atoms with van der Waals surface area (Å²) in [5, 5.41) is 10.3.